The lowest BCUT2D eigenvalue weighted by molar-refractivity contribution is -0.130. The van der Waals surface area contributed by atoms with E-state index in [0.717, 1.165) is 22.4 Å². The average Bonchev–Trinajstić information content (AvgIpc) is 3.41. The van der Waals surface area contributed by atoms with Crippen LogP contribution in [0, 0.1) is 0 Å². The number of carbonyl (C=O) groups excluding carboxylic acids is 1. The normalized spacial score (nSPS) is 23.2. The van der Waals surface area contributed by atoms with E-state index in [4.69, 9.17) is 14.2 Å². The smallest absolute Gasteiger partial charge is 0.274 e. The Balaban J connectivity index is 1.54. The first kappa shape index (κ1) is 16.2. The van der Waals surface area contributed by atoms with Crippen LogP contribution in [0.4, 0.5) is 5.69 Å². The van der Waals surface area contributed by atoms with Gasteiger partial charge in [0.2, 0.25) is 12.4 Å². The third kappa shape index (κ3) is 2.24. The molecular weight excluding hydrogens is 366 g/mol. The molecule has 0 saturated carbocycles. The molecule has 5 heteroatoms. The molecule has 1 spiro atoms. The maximum Gasteiger partial charge on any atom is 0.274 e. The van der Waals surface area contributed by atoms with Gasteiger partial charge >= 0.3 is 0 Å². The molecule has 3 aromatic rings. The van der Waals surface area contributed by atoms with Crippen molar-refractivity contribution in [2.75, 3.05) is 12.1 Å². The van der Waals surface area contributed by atoms with Crippen molar-refractivity contribution in [2.45, 2.75) is 11.5 Å². The molecule has 0 aromatic heterocycles. The van der Waals surface area contributed by atoms with Crippen molar-refractivity contribution in [1.29, 1.82) is 0 Å². The molecule has 0 aliphatic carbocycles. The Bertz CT molecular complexity index is 1170. The lowest BCUT2D eigenvalue weighted by atomic mass is 9.79. The fourth-order valence-corrected chi connectivity index (χ4v) is 4.40. The number of para-hydroxylation sites is 1. The fraction of sp³-hybridized carbons (Fsp3) is 0.125. The minimum atomic E-state index is -1.15. The number of fused-ring (bicyclic) bond motifs is 4. The third-order valence-electron chi connectivity index (χ3n) is 5.74. The largest absolute Gasteiger partial charge is 0.471 e. The zero-order chi connectivity index (χ0) is 19.4. The van der Waals surface area contributed by atoms with Crippen LogP contribution in [0.5, 0.6) is 17.2 Å². The summed E-state index contributed by atoms with van der Waals surface area (Å²) in [5, 5.41) is 2.99. The molecule has 0 fully saturated rings. The number of benzene rings is 3. The summed E-state index contributed by atoms with van der Waals surface area (Å²) in [6.45, 7) is 0.192. The van der Waals surface area contributed by atoms with Crippen molar-refractivity contribution >= 4 is 17.7 Å². The van der Waals surface area contributed by atoms with Crippen LogP contribution in [-0.4, -0.2) is 12.7 Å². The highest BCUT2D eigenvalue weighted by molar-refractivity contribution is 6.07. The zero-order valence-electron chi connectivity index (χ0n) is 15.4. The van der Waals surface area contributed by atoms with Gasteiger partial charge in [-0.15, -0.1) is 0 Å². The van der Waals surface area contributed by atoms with Crippen LogP contribution in [0.2, 0.25) is 0 Å². The van der Waals surface area contributed by atoms with E-state index in [0.29, 0.717) is 17.2 Å². The molecule has 1 N–H and O–H groups in total. The summed E-state index contributed by atoms with van der Waals surface area (Å²) >= 11 is 0. The van der Waals surface area contributed by atoms with Gasteiger partial charge in [0.05, 0.1) is 5.92 Å². The van der Waals surface area contributed by atoms with E-state index in [1.165, 1.54) is 0 Å². The summed E-state index contributed by atoms with van der Waals surface area (Å²) in [6, 6.07) is 21.5. The second-order valence-electron chi connectivity index (χ2n) is 7.33. The number of hydrogen-bond acceptors (Lipinski definition) is 4. The van der Waals surface area contributed by atoms with Gasteiger partial charge in [0.1, 0.15) is 5.75 Å². The molecule has 3 aliphatic heterocycles. The Morgan fingerprint density at radius 3 is 2.55 bits per heavy atom. The molecule has 5 nitrogen and oxygen atoms in total. The number of nitrogens with one attached hydrogen (secondary N) is 1. The van der Waals surface area contributed by atoms with Gasteiger partial charge in [-0.25, -0.2) is 0 Å². The van der Waals surface area contributed by atoms with Gasteiger partial charge in [0.25, 0.3) is 5.91 Å². The summed E-state index contributed by atoms with van der Waals surface area (Å²) in [6.07, 6.45) is 4.08. The first-order valence-corrected chi connectivity index (χ1v) is 9.52. The topological polar surface area (TPSA) is 56.8 Å². The van der Waals surface area contributed by atoms with E-state index < -0.39 is 5.60 Å². The molecule has 2 atom stereocenters. The molecule has 142 valence electrons. The SMILES string of the molecule is O=C1Nc2ccccc2[C@]12Oc1cc3c(cc1[C@@H]2/C=C/c1ccccc1)OCO3. The van der Waals surface area contributed by atoms with Gasteiger partial charge in [0, 0.05) is 22.9 Å². The standard InChI is InChI=1S/C24H17NO4/c26-23-24(18-8-4-5-9-19(18)25-23)17(11-10-15-6-2-1-3-7-15)16-12-21-22(28-14-27-21)13-20(16)29-24/h1-13,17H,14H2,(H,25,26)/b11-10+/t17-,24-/m0/s1. The Labute approximate surface area is 167 Å². The summed E-state index contributed by atoms with van der Waals surface area (Å²) in [5.41, 5.74) is 2.44. The molecule has 0 unspecified atom stereocenters. The van der Waals surface area contributed by atoms with Gasteiger partial charge in [-0.3, -0.25) is 4.79 Å². The van der Waals surface area contributed by atoms with Crippen molar-refractivity contribution in [3.8, 4) is 17.2 Å². The molecule has 0 saturated heterocycles. The van der Waals surface area contributed by atoms with Gasteiger partial charge in [-0.1, -0.05) is 60.7 Å². The van der Waals surface area contributed by atoms with E-state index in [-0.39, 0.29) is 18.6 Å². The fourth-order valence-electron chi connectivity index (χ4n) is 4.40. The summed E-state index contributed by atoms with van der Waals surface area (Å²) < 4.78 is 17.5. The second kappa shape index (κ2) is 5.88. The Kier molecular flexibility index (Phi) is 3.29. The predicted octanol–water partition coefficient (Wildman–Crippen LogP) is 4.45. The summed E-state index contributed by atoms with van der Waals surface area (Å²) in [4.78, 5) is 13.3. The maximum atomic E-state index is 13.3. The van der Waals surface area contributed by atoms with Gasteiger partial charge in [-0.2, -0.15) is 0 Å². The maximum absolute atomic E-state index is 13.3. The highest BCUT2D eigenvalue weighted by Crippen LogP contribution is 2.58. The highest BCUT2D eigenvalue weighted by Gasteiger charge is 2.59. The molecule has 6 rings (SSSR count). The van der Waals surface area contributed by atoms with Crippen molar-refractivity contribution < 1.29 is 19.0 Å². The van der Waals surface area contributed by atoms with E-state index in [1.54, 1.807) is 0 Å². The third-order valence-corrected chi connectivity index (χ3v) is 5.74. The number of carbonyl (C=O) groups is 1. The van der Waals surface area contributed by atoms with Crippen LogP contribution < -0.4 is 19.5 Å². The molecule has 3 heterocycles. The summed E-state index contributed by atoms with van der Waals surface area (Å²) in [5.74, 6) is 1.48. The summed E-state index contributed by atoms with van der Waals surface area (Å²) in [7, 11) is 0. The Hall–Kier alpha value is -3.73. The van der Waals surface area contributed by atoms with Crippen molar-refractivity contribution in [3.05, 3.63) is 89.5 Å². The van der Waals surface area contributed by atoms with Crippen LogP contribution in [0.3, 0.4) is 0 Å². The predicted molar refractivity (Wildman–Crippen MR) is 108 cm³/mol. The molecule has 3 aliphatic rings. The first-order valence-electron chi connectivity index (χ1n) is 9.52. The van der Waals surface area contributed by atoms with Gasteiger partial charge < -0.3 is 19.5 Å². The number of anilines is 1. The monoisotopic (exact) mass is 383 g/mol. The van der Waals surface area contributed by atoms with Gasteiger partial charge in [-0.05, 0) is 17.7 Å². The van der Waals surface area contributed by atoms with Gasteiger partial charge in [0.15, 0.2) is 11.5 Å². The van der Waals surface area contributed by atoms with E-state index in [9.17, 15) is 4.79 Å². The Morgan fingerprint density at radius 2 is 1.69 bits per heavy atom. The number of ether oxygens (including phenoxy) is 3. The molecule has 0 radical (unpaired) electrons. The molecule has 1 amide bonds. The highest BCUT2D eigenvalue weighted by atomic mass is 16.7. The number of rotatable bonds is 2. The average molecular weight is 383 g/mol. The molecule has 0 bridgehead atoms. The van der Waals surface area contributed by atoms with Crippen LogP contribution in [0.1, 0.15) is 22.6 Å². The van der Waals surface area contributed by atoms with Crippen molar-refractivity contribution in [2.24, 2.45) is 0 Å². The van der Waals surface area contributed by atoms with E-state index in [1.807, 2.05) is 78.9 Å². The lowest BCUT2D eigenvalue weighted by Crippen LogP contribution is -2.41. The van der Waals surface area contributed by atoms with Crippen LogP contribution in [0.25, 0.3) is 6.08 Å². The minimum absolute atomic E-state index is 0.167. The number of amides is 1. The van der Waals surface area contributed by atoms with Crippen molar-refractivity contribution in [3.63, 3.8) is 0 Å². The Morgan fingerprint density at radius 1 is 0.931 bits per heavy atom. The second-order valence-corrected chi connectivity index (χ2v) is 7.33. The first-order chi connectivity index (χ1) is 14.3. The lowest BCUT2D eigenvalue weighted by Gasteiger charge is -2.27. The van der Waals surface area contributed by atoms with E-state index in [2.05, 4.69) is 5.32 Å². The zero-order valence-corrected chi connectivity index (χ0v) is 15.4. The van der Waals surface area contributed by atoms with Crippen LogP contribution in [-0.2, 0) is 10.4 Å². The molecular formula is C24H17NO4. The number of hydrogen-bond donors (Lipinski definition) is 1. The van der Waals surface area contributed by atoms with Crippen LogP contribution in [0.15, 0.2) is 72.8 Å². The minimum Gasteiger partial charge on any atom is -0.471 e. The van der Waals surface area contributed by atoms with Crippen LogP contribution >= 0.6 is 0 Å². The van der Waals surface area contributed by atoms with Crippen molar-refractivity contribution in [1.82, 2.24) is 0 Å². The quantitative estimate of drug-likeness (QED) is 0.710. The molecule has 29 heavy (non-hydrogen) atoms. The molecule has 3 aromatic carbocycles. The van der Waals surface area contributed by atoms with E-state index >= 15 is 0 Å².